The van der Waals surface area contributed by atoms with Crippen molar-refractivity contribution in [3.8, 4) is 5.75 Å². The fraction of sp³-hybridized carbons (Fsp3) is 0.368. The third kappa shape index (κ3) is 2.53. The molecule has 128 valence electrons. The van der Waals surface area contributed by atoms with Gasteiger partial charge in [0.25, 0.3) is 0 Å². The molecular formula is C19H20N4O2. The van der Waals surface area contributed by atoms with Crippen LogP contribution >= 0.6 is 0 Å². The van der Waals surface area contributed by atoms with Crippen LogP contribution in [-0.2, 0) is 6.54 Å². The lowest BCUT2D eigenvalue weighted by Gasteiger charge is -2.61. The molecule has 2 fully saturated rings. The van der Waals surface area contributed by atoms with Crippen LogP contribution < -0.4 is 9.64 Å². The van der Waals surface area contributed by atoms with E-state index in [0.29, 0.717) is 11.1 Å². The Morgan fingerprint density at radius 3 is 2.64 bits per heavy atom. The Morgan fingerprint density at radius 1 is 1.12 bits per heavy atom. The summed E-state index contributed by atoms with van der Waals surface area (Å²) in [5, 5.41) is 0. The van der Waals surface area contributed by atoms with Crippen molar-refractivity contribution >= 4 is 16.9 Å². The van der Waals surface area contributed by atoms with E-state index in [1.54, 1.807) is 13.3 Å². The van der Waals surface area contributed by atoms with Crippen molar-refractivity contribution in [2.24, 2.45) is 5.41 Å². The van der Waals surface area contributed by atoms with Gasteiger partial charge in [0.2, 0.25) is 5.89 Å². The fourth-order valence-corrected chi connectivity index (χ4v) is 4.03. The molecule has 3 aromatic rings. The molecule has 2 aliphatic heterocycles. The summed E-state index contributed by atoms with van der Waals surface area (Å²) in [6.07, 6.45) is 1.75. The predicted octanol–water partition coefficient (Wildman–Crippen LogP) is 2.55. The molecule has 0 atom stereocenters. The number of ether oxygens (including phenoxy) is 1. The van der Waals surface area contributed by atoms with Gasteiger partial charge in [-0.05, 0) is 36.4 Å². The zero-order chi connectivity index (χ0) is 16.9. The summed E-state index contributed by atoms with van der Waals surface area (Å²) in [6, 6.07) is 12.1. The highest BCUT2D eigenvalue weighted by atomic mass is 16.5. The summed E-state index contributed by atoms with van der Waals surface area (Å²) in [6.45, 7) is 5.20. The second kappa shape index (κ2) is 5.46. The van der Waals surface area contributed by atoms with Crippen LogP contribution in [0.25, 0.3) is 11.2 Å². The van der Waals surface area contributed by atoms with E-state index >= 15 is 0 Å². The number of benzene rings is 1. The lowest BCUT2D eigenvalue weighted by Crippen LogP contribution is -2.71. The molecule has 4 heterocycles. The van der Waals surface area contributed by atoms with E-state index in [2.05, 4.69) is 31.9 Å². The summed E-state index contributed by atoms with van der Waals surface area (Å²) < 4.78 is 11.0. The average molecular weight is 336 g/mol. The van der Waals surface area contributed by atoms with Gasteiger partial charge < -0.3 is 14.1 Å². The monoisotopic (exact) mass is 336 g/mol. The number of rotatable bonds is 4. The molecule has 5 rings (SSSR count). The van der Waals surface area contributed by atoms with Crippen LogP contribution in [0.4, 0.5) is 5.69 Å². The van der Waals surface area contributed by atoms with Crippen molar-refractivity contribution in [1.29, 1.82) is 0 Å². The number of oxazole rings is 1. The molecule has 6 nitrogen and oxygen atoms in total. The van der Waals surface area contributed by atoms with Crippen molar-refractivity contribution < 1.29 is 9.15 Å². The van der Waals surface area contributed by atoms with Crippen LogP contribution in [0.5, 0.6) is 5.75 Å². The highest BCUT2D eigenvalue weighted by Gasteiger charge is 2.51. The zero-order valence-corrected chi connectivity index (χ0v) is 14.2. The van der Waals surface area contributed by atoms with E-state index in [1.807, 2.05) is 24.3 Å². The van der Waals surface area contributed by atoms with Crippen molar-refractivity contribution in [2.75, 3.05) is 38.2 Å². The number of methoxy groups -OCH3 is 1. The van der Waals surface area contributed by atoms with Gasteiger partial charge in [0, 0.05) is 43.5 Å². The third-order valence-corrected chi connectivity index (χ3v) is 5.18. The van der Waals surface area contributed by atoms with Crippen molar-refractivity contribution in [1.82, 2.24) is 14.9 Å². The summed E-state index contributed by atoms with van der Waals surface area (Å²) in [5.74, 6) is 1.66. The van der Waals surface area contributed by atoms with Crippen LogP contribution in [-0.4, -0.2) is 48.2 Å². The van der Waals surface area contributed by atoms with E-state index < -0.39 is 0 Å². The second-order valence-corrected chi connectivity index (χ2v) is 7.13. The van der Waals surface area contributed by atoms with Gasteiger partial charge in [0.05, 0.1) is 13.7 Å². The molecule has 1 aromatic carbocycles. The average Bonchev–Trinajstić information content (AvgIpc) is 2.98. The van der Waals surface area contributed by atoms with E-state index in [9.17, 15) is 0 Å². The molecule has 6 heteroatoms. The lowest BCUT2D eigenvalue weighted by molar-refractivity contribution is -0.0315. The van der Waals surface area contributed by atoms with Gasteiger partial charge >= 0.3 is 0 Å². The lowest BCUT2D eigenvalue weighted by atomic mass is 9.72. The van der Waals surface area contributed by atoms with Crippen LogP contribution in [0.1, 0.15) is 5.89 Å². The summed E-state index contributed by atoms with van der Waals surface area (Å²) in [4.78, 5) is 13.5. The Balaban J connectivity index is 1.17. The molecule has 0 saturated carbocycles. The quantitative estimate of drug-likeness (QED) is 0.730. The molecule has 2 saturated heterocycles. The summed E-state index contributed by atoms with van der Waals surface area (Å²) in [5.41, 5.74) is 3.17. The maximum absolute atomic E-state index is 5.77. The molecule has 0 radical (unpaired) electrons. The number of aromatic nitrogens is 2. The number of pyridine rings is 1. The molecule has 0 N–H and O–H groups in total. The van der Waals surface area contributed by atoms with Gasteiger partial charge in [-0.3, -0.25) is 4.90 Å². The fourth-order valence-electron chi connectivity index (χ4n) is 4.03. The van der Waals surface area contributed by atoms with E-state index in [1.165, 1.54) is 5.69 Å². The topological polar surface area (TPSA) is 54.6 Å². The number of nitrogens with zero attached hydrogens (tertiary/aromatic N) is 4. The van der Waals surface area contributed by atoms with Gasteiger partial charge in [0.1, 0.15) is 5.75 Å². The largest absolute Gasteiger partial charge is 0.497 e. The van der Waals surface area contributed by atoms with Crippen LogP contribution in [0.2, 0.25) is 0 Å². The number of fused-ring (bicyclic) bond motifs is 1. The number of hydrogen-bond donors (Lipinski definition) is 0. The standard InChI is InChI=1S/C19H20N4O2/c1-24-15-6-4-14(5-7-15)23-12-19(13-23)10-22(11-19)9-17-21-18-16(25-17)3-2-8-20-18/h2-8H,9-13H2,1H3. The first-order valence-corrected chi connectivity index (χ1v) is 8.55. The van der Waals surface area contributed by atoms with Crippen LogP contribution in [0, 0.1) is 5.41 Å². The molecule has 2 aliphatic rings. The Morgan fingerprint density at radius 2 is 1.92 bits per heavy atom. The minimum atomic E-state index is 0.435. The van der Waals surface area contributed by atoms with Crippen LogP contribution in [0.15, 0.2) is 47.0 Å². The summed E-state index contributed by atoms with van der Waals surface area (Å²) >= 11 is 0. The number of likely N-dealkylation sites (tertiary alicyclic amines) is 1. The predicted molar refractivity (Wildman–Crippen MR) is 94.7 cm³/mol. The Kier molecular flexibility index (Phi) is 3.21. The maximum atomic E-state index is 5.77. The van der Waals surface area contributed by atoms with E-state index in [4.69, 9.17) is 9.15 Å². The highest BCUT2D eigenvalue weighted by Crippen LogP contribution is 2.42. The van der Waals surface area contributed by atoms with Crippen molar-refractivity contribution in [3.05, 3.63) is 48.5 Å². The summed E-state index contributed by atoms with van der Waals surface area (Å²) in [7, 11) is 1.70. The normalized spacial score (nSPS) is 19.0. The number of anilines is 1. The van der Waals surface area contributed by atoms with E-state index in [0.717, 1.165) is 49.9 Å². The van der Waals surface area contributed by atoms with Crippen LogP contribution in [0.3, 0.4) is 0 Å². The van der Waals surface area contributed by atoms with Gasteiger partial charge in [0.15, 0.2) is 11.2 Å². The molecule has 0 unspecified atom stereocenters. The van der Waals surface area contributed by atoms with Gasteiger partial charge in [-0.15, -0.1) is 0 Å². The second-order valence-electron chi connectivity index (χ2n) is 7.13. The van der Waals surface area contributed by atoms with Crippen molar-refractivity contribution in [2.45, 2.75) is 6.54 Å². The third-order valence-electron chi connectivity index (χ3n) is 5.18. The molecule has 25 heavy (non-hydrogen) atoms. The first kappa shape index (κ1) is 14.7. The molecule has 0 bridgehead atoms. The minimum absolute atomic E-state index is 0.435. The maximum Gasteiger partial charge on any atom is 0.211 e. The highest BCUT2D eigenvalue weighted by molar-refractivity contribution is 5.66. The minimum Gasteiger partial charge on any atom is -0.497 e. The van der Waals surface area contributed by atoms with Gasteiger partial charge in [-0.25, -0.2) is 4.98 Å². The SMILES string of the molecule is COc1ccc(N2CC3(CN(Cc4nc5ncccc5o4)C3)C2)cc1. The Labute approximate surface area is 146 Å². The molecular weight excluding hydrogens is 316 g/mol. The first-order valence-electron chi connectivity index (χ1n) is 8.55. The first-order chi connectivity index (χ1) is 12.2. The van der Waals surface area contributed by atoms with Gasteiger partial charge in [-0.1, -0.05) is 0 Å². The van der Waals surface area contributed by atoms with Crippen molar-refractivity contribution in [3.63, 3.8) is 0 Å². The molecule has 0 amide bonds. The molecule has 0 aliphatic carbocycles. The Hall–Kier alpha value is -2.60. The smallest absolute Gasteiger partial charge is 0.211 e. The number of hydrogen-bond acceptors (Lipinski definition) is 6. The molecule has 1 spiro atoms. The Bertz CT molecular complexity index is 858. The zero-order valence-electron chi connectivity index (χ0n) is 14.2. The van der Waals surface area contributed by atoms with Gasteiger partial charge in [-0.2, -0.15) is 4.98 Å². The molecule has 2 aromatic heterocycles. The van der Waals surface area contributed by atoms with E-state index in [-0.39, 0.29) is 0 Å².